The summed E-state index contributed by atoms with van der Waals surface area (Å²) < 4.78 is 2.26. The third kappa shape index (κ3) is 4.55. The average molecular weight is 628 g/mol. The van der Waals surface area contributed by atoms with Crippen molar-refractivity contribution < 1.29 is 0 Å². The van der Waals surface area contributed by atoms with Gasteiger partial charge in [0.15, 0.2) is 8.07 Å². The van der Waals surface area contributed by atoms with Gasteiger partial charge in [0, 0.05) is 21.9 Å². The van der Waals surface area contributed by atoms with Crippen molar-refractivity contribution in [3.05, 3.63) is 187 Å². The Hall–Kier alpha value is -6.46. The number of fused-ring (bicyclic) bond motifs is 3. The number of para-hydroxylation sites is 2. The lowest BCUT2D eigenvalue weighted by atomic mass is 9.98. The molecule has 48 heavy (non-hydrogen) atoms. The van der Waals surface area contributed by atoms with Crippen LogP contribution in [0.25, 0.3) is 38.6 Å². The molecule has 0 radical (unpaired) electrons. The monoisotopic (exact) mass is 627 g/mol. The van der Waals surface area contributed by atoms with Gasteiger partial charge in [-0.25, -0.2) is 0 Å². The number of rotatable bonds is 6. The van der Waals surface area contributed by atoms with E-state index in [9.17, 15) is 10.5 Å². The minimum absolute atomic E-state index is 0.629. The molecule has 0 saturated carbocycles. The first kappa shape index (κ1) is 29.0. The minimum Gasteiger partial charge on any atom is -0.309 e. The van der Waals surface area contributed by atoms with E-state index in [2.05, 4.69) is 150 Å². The normalized spacial score (nSPS) is 11.3. The standard InChI is InChI=1S/C44H29N3Si/c45-30-32-24-27-44-41(28-32)40-21-11-13-23-43(40)47(44)42-22-12-10-20-39(42)38-26-25-37(29-33(38)31-46)48(34-14-4-1-5-15-34,35-16-6-2-7-17-35)36-18-8-3-9-19-36/h1-29H. The second kappa shape index (κ2) is 12.0. The molecule has 1 aromatic heterocycles. The Labute approximate surface area is 280 Å². The van der Waals surface area contributed by atoms with Gasteiger partial charge in [0.1, 0.15) is 0 Å². The van der Waals surface area contributed by atoms with Crippen LogP contribution in [0.2, 0.25) is 0 Å². The maximum Gasteiger partial charge on any atom is 0.179 e. The van der Waals surface area contributed by atoms with Crippen molar-refractivity contribution in [2.75, 3.05) is 0 Å². The van der Waals surface area contributed by atoms with Gasteiger partial charge in [-0.05, 0) is 57.1 Å². The molecule has 0 bridgehead atoms. The van der Waals surface area contributed by atoms with Gasteiger partial charge >= 0.3 is 0 Å². The second-order valence-corrected chi connectivity index (χ2v) is 15.7. The minimum atomic E-state index is -2.80. The summed E-state index contributed by atoms with van der Waals surface area (Å²) >= 11 is 0. The van der Waals surface area contributed by atoms with E-state index in [-0.39, 0.29) is 0 Å². The molecular weight excluding hydrogens is 599 g/mol. The fourth-order valence-corrected chi connectivity index (χ4v) is 12.1. The van der Waals surface area contributed by atoms with E-state index in [4.69, 9.17) is 0 Å². The summed E-state index contributed by atoms with van der Waals surface area (Å²) in [6.45, 7) is 0. The van der Waals surface area contributed by atoms with E-state index >= 15 is 0 Å². The van der Waals surface area contributed by atoms with Crippen molar-refractivity contribution in [1.82, 2.24) is 4.57 Å². The van der Waals surface area contributed by atoms with Crippen molar-refractivity contribution in [3.63, 3.8) is 0 Å². The van der Waals surface area contributed by atoms with E-state index in [0.29, 0.717) is 11.1 Å². The largest absolute Gasteiger partial charge is 0.309 e. The van der Waals surface area contributed by atoms with E-state index in [1.54, 1.807) is 0 Å². The van der Waals surface area contributed by atoms with Gasteiger partial charge in [-0.1, -0.05) is 140 Å². The van der Waals surface area contributed by atoms with Gasteiger partial charge in [-0.15, -0.1) is 0 Å². The summed E-state index contributed by atoms with van der Waals surface area (Å²) in [7, 11) is -2.80. The third-order valence-electron chi connectivity index (χ3n) is 9.43. The average Bonchev–Trinajstić information content (AvgIpc) is 3.50. The Morgan fingerprint density at radius 3 is 1.60 bits per heavy atom. The van der Waals surface area contributed by atoms with E-state index < -0.39 is 8.07 Å². The van der Waals surface area contributed by atoms with Gasteiger partial charge in [0.05, 0.1) is 40.0 Å². The van der Waals surface area contributed by atoms with Gasteiger partial charge < -0.3 is 4.57 Å². The maximum atomic E-state index is 10.8. The summed E-state index contributed by atoms with van der Waals surface area (Å²) in [5.74, 6) is 0. The Morgan fingerprint density at radius 2 is 0.979 bits per heavy atom. The number of aromatic nitrogens is 1. The van der Waals surface area contributed by atoms with Crippen LogP contribution < -0.4 is 20.7 Å². The molecule has 0 saturated heterocycles. The van der Waals surface area contributed by atoms with Gasteiger partial charge in [0.2, 0.25) is 0 Å². The van der Waals surface area contributed by atoms with Crippen LogP contribution in [-0.4, -0.2) is 12.6 Å². The molecule has 0 fully saturated rings. The molecule has 0 amide bonds. The lowest BCUT2D eigenvalue weighted by Crippen LogP contribution is -2.74. The smallest absolute Gasteiger partial charge is 0.179 e. The molecular formula is C44H29N3Si. The fraction of sp³-hybridized carbons (Fsp3) is 0. The third-order valence-corrected chi connectivity index (χ3v) is 14.2. The Balaban J connectivity index is 1.39. The van der Waals surface area contributed by atoms with E-state index in [1.165, 1.54) is 15.6 Å². The van der Waals surface area contributed by atoms with Crippen molar-refractivity contribution in [1.29, 1.82) is 10.5 Å². The lowest BCUT2D eigenvalue weighted by molar-refractivity contribution is 1.18. The Kier molecular flexibility index (Phi) is 7.27. The van der Waals surface area contributed by atoms with Crippen LogP contribution in [0.3, 0.4) is 0 Å². The van der Waals surface area contributed by atoms with Gasteiger partial charge in [0.25, 0.3) is 0 Å². The molecule has 0 aliphatic heterocycles. The molecule has 0 aliphatic carbocycles. The molecule has 224 valence electrons. The van der Waals surface area contributed by atoms with Crippen LogP contribution in [0, 0.1) is 22.7 Å². The zero-order valence-corrected chi connectivity index (χ0v) is 27.1. The number of nitriles is 2. The van der Waals surface area contributed by atoms with E-state index in [0.717, 1.165) is 43.8 Å². The first-order chi connectivity index (χ1) is 23.7. The fourth-order valence-electron chi connectivity index (χ4n) is 7.37. The molecule has 0 spiro atoms. The summed E-state index contributed by atoms with van der Waals surface area (Å²) in [4.78, 5) is 0. The molecule has 0 N–H and O–H groups in total. The molecule has 8 rings (SSSR count). The second-order valence-electron chi connectivity index (χ2n) is 11.9. The van der Waals surface area contributed by atoms with Gasteiger partial charge in [-0.2, -0.15) is 10.5 Å². The van der Waals surface area contributed by atoms with E-state index in [1.807, 2.05) is 42.5 Å². The predicted octanol–water partition coefficient (Wildman–Crippen LogP) is 7.57. The highest BCUT2D eigenvalue weighted by Gasteiger charge is 2.41. The molecule has 8 aromatic rings. The van der Waals surface area contributed by atoms with Crippen LogP contribution in [-0.2, 0) is 0 Å². The molecule has 0 atom stereocenters. The summed E-state index contributed by atoms with van der Waals surface area (Å²) in [5.41, 5.74) is 6.16. The summed E-state index contributed by atoms with van der Waals surface area (Å²) in [6, 6.07) is 66.2. The highest BCUT2D eigenvalue weighted by Crippen LogP contribution is 2.37. The predicted molar refractivity (Wildman–Crippen MR) is 199 cm³/mol. The number of hydrogen-bond donors (Lipinski definition) is 0. The SMILES string of the molecule is N#Cc1ccc2c(c1)c1ccccc1n2-c1ccccc1-c1ccc([Si](c2ccccc2)(c2ccccc2)c2ccccc2)cc1C#N. The zero-order valence-electron chi connectivity index (χ0n) is 26.1. The molecule has 7 aromatic carbocycles. The van der Waals surface area contributed by atoms with Crippen molar-refractivity contribution in [2.45, 2.75) is 0 Å². The molecule has 4 heteroatoms. The number of nitrogens with zero attached hydrogens (tertiary/aromatic N) is 3. The van der Waals surface area contributed by atoms with Crippen LogP contribution >= 0.6 is 0 Å². The quantitative estimate of drug-likeness (QED) is 0.141. The van der Waals surface area contributed by atoms with Crippen molar-refractivity contribution in [3.8, 4) is 29.0 Å². The summed E-state index contributed by atoms with van der Waals surface area (Å²) in [6.07, 6.45) is 0. The van der Waals surface area contributed by atoms with Crippen LogP contribution in [0.5, 0.6) is 0 Å². The Morgan fingerprint density at radius 1 is 0.417 bits per heavy atom. The molecule has 0 unspecified atom stereocenters. The zero-order chi connectivity index (χ0) is 32.5. The van der Waals surface area contributed by atoms with Gasteiger partial charge in [-0.3, -0.25) is 0 Å². The first-order valence-corrected chi connectivity index (χ1v) is 18.0. The van der Waals surface area contributed by atoms with Crippen LogP contribution in [0.15, 0.2) is 176 Å². The van der Waals surface area contributed by atoms with Crippen LogP contribution in [0.4, 0.5) is 0 Å². The molecule has 0 aliphatic rings. The lowest BCUT2D eigenvalue weighted by Gasteiger charge is -2.34. The summed E-state index contributed by atoms with van der Waals surface area (Å²) in [5, 5.41) is 27.6. The highest BCUT2D eigenvalue weighted by molar-refractivity contribution is 7.19. The Bertz CT molecular complexity index is 2430. The van der Waals surface area contributed by atoms with Crippen molar-refractivity contribution in [2.24, 2.45) is 0 Å². The first-order valence-electron chi connectivity index (χ1n) is 16.0. The molecule has 1 heterocycles. The molecule has 3 nitrogen and oxygen atoms in total. The highest BCUT2D eigenvalue weighted by atomic mass is 28.3. The van der Waals surface area contributed by atoms with Crippen LogP contribution in [0.1, 0.15) is 11.1 Å². The maximum absolute atomic E-state index is 10.8. The number of benzene rings is 7. The topological polar surface area (TPSA) is 52.5 Å². The van der Waals surface area contributed by atoms with Crippen molar-refractivity contribution >= 4 is 50.6 Å². The number of hydrogen-bond acceptors (Lipinski definition) is 2.